The zero-order valence-electron chi connectivity index (χ0n) is 11.6. The highest BCUT2D eigenvalue weighted by Crippen LogP contribution is 2.46. The Hall–Kier alpha value is -0.870. The Balaban J connectivity index is 1.96. The van der Waals surface area contributed by atoms with Crippen LogP contribution in [0.5, 0.6) is 0 Å². The van der Waals surface area contributed by atoms with Crippen LogP contribution in [0.15, 0.2) is 12.3 Å². The number of aromatic nitrogens is 2. The average molecular weight is 249 g/mol. The smallest absolute Gasteiger partial charge is 0.0892 e. The van der Waals surface area contributed by atoms with Crippen molar-refractivity contribution in [1.29, 1.82) is 0 Å². The van der Waals surface area contributed by atoms with Gasteiger partial charge in [-0.1, -0.05) is 0 Å². The summed E-state index contributed by atoms with van der Waals surface area (Å²) < 4.78 is 8.24. The van der Waals surface area contributed by atoms with Crippen molar-refractivity contribution >= 4 is 0 Å². The first-order valence-electron chi connectivity index (χ1n) is 6.95. The van der Waals surface area contributed by atoms with Crippen LogP contribution in [0.1, 0.15) is 51.8 Å². The average Bonchev–Trinajstić information content (AvgIpc) is 2.75. The van der Waals surface area contributed by atoms with Crippen LogP contribution < -0.4 is 5.32 Å². The number of nitrogens with one attached hydrogen (secondary N) is 1. The van der Waals surface area contributed by atoms with Gasteiger partial charge in [-0.2, -0.15) is 5.10 Å². The summed E-state index contributed by atoms with van der Waals surface area (Å²) in [6, 6.07) is 2.43. The Morgan fingerprint density at radius 3 is 2.83 bits per heavy atom. The molecule has 1 unspecified atom stereocenters. The second-order valence-electron chi connectivity index (χ2n) is 6.49. The van der Waals surface area contributed by atoms with Crippen molar-refractivity contribution < 1.29 is 4.74 Å². The van der Waals surface area contributed by atoms with Crippen LogP contribution in [0, 0.1) is 0 Å². The summed E-state index contributed by atoms with van der Waals surface area (Å²) in [7, 11) is 0. The van der Waals surface area contributed by atoms with Crippen molar-refractivity contribution in [1.82, 2.24) is 15.1 Å². The van der Waals surface area contributed by atoms with E-state index in [-0.39, 0.29) is 11.1 Å². The second kappa shape index (κ2) is 4.07. The standard InChI is InChI=1S/C14H23N3O/c1-13(2,3)17-11(5-8-16-17)12-14(6-4-7-14)18-10-9-15-12/h5,8,12,15H,4,6-7,9-10H2,1-3H3. The third-order valence-electron chi connectivity index (χ3n) is 4.17. The molecule has 1 saturated carbocycles. The molecule has 0 aromatic carbocycles. The highest BCUT2D eigenvalue weighted by molar-refractivity contribution is 5.18. The van der Waals surface area contributed by atoms with E-state index in [2.05, 4.69) is 41.9 Å². The molecular weight excluding hydrogens is 226 g/mol. The molecule has 1 aliphatic heterocycles. The molecule has 0 bridgehead atoms. The first-order chi connectivity index (χ1) is 8.53. The van der Waals surface area contributed by atoms with E-state index < -0.39 is 0 Å². The Labute approximate surface area is 109 Å². The van der Waals surface area contributed by atoms with Crippen molar-refractivity contribution in [3.05, 3.63) is 18.0 Å². The topological polar surface area (TPSA) is 39.1 Å². The first-order valence-corrected chi connectivity index (χ1v) is 6.95. The minimum absolute atomic E-state index is 0.0168. The van der Waals surface area contributed by atoms with E-state index >= 15 is 0 Å². The molecule has 0 amide bonds. The molecule has 0 radical (unpaired) electrons. The predicted octanol–water partition coefficient (Wildman–Crippen LogP) is 2.22. The van der Waals surface area contributed by atoms with Crippen LogP contribution >= 0.6 is 0 Å². The van der Waals surface area contributed by atoms with Gasteiger partial charge in [-0.15, -0.1) is 0 Å². The second-order valence-corrected chi connectivity index (χ2v) is 6.49. The first kappa shape index (κ1) is 12.2. The van der Waals surface area contributed by atoms with Crippen molar-refractivity contribution in [2.24, 2.45) is 0 Å². The van der Waals surface area contributed by atoms with Gasteiger partial charge in [-0.25, -0.2) is 0 Å². The number of hydrogen-bond acceptors (Lipinski definition) is 3. The highest BCUT2D eigenvalue weighted by Gasteiger charge is 2.49. The molecule has 2 aliphatic rings. The molecule has 1 aromatic rings. The van der Waals surface area contributed by atoms with Gasteiger partial charge in [0.1, 0.15) is 0 Å². The lowest BCUT2D eigenvalue weighted by Crippen LogP contribution is -2.57. The van der Waals surface area contributed by atoms with Crippen LogP contribution in [-0.4, -0.2) is 28.5 Å². The maximum Gasteiger partial charge on any atom is 0.0892 e. The SMILES string of the molecule is CC(C)(C)n1nccc1C1NCCOC12CCC2. The van der Waals surface area contributed by atoms with Crippen LogP contribution in [0.25, 0.3) is 0 Å². The van der Waals surface area contributed by atoms with E-state index in [9.17, 15) is 0 Å². The lowest BCUT2D eigenvalue weighted by molar-refractivity contribution is -0.148. The van der Waals surface area contributed by atoms with Gasteiger partial charge in [0.05, 0.1) is 29.5 Å². The highest BCUT2D eigenvalue weighted by atomic mass is 16.5. The molecule has 100 valence electrons. The molecule has 1 spiro atoms. The molecule has 4 nitrogen and oxygen atoms in total. The van der Waals surface area contributed by atoms with Gasteiger partial charge in [0.2, 0.25) is 0 Å². The third-order valence-corrected chi connectivity index (χ3v) is 4.17. The van der Waals surface area contributed by atoms with Crippen molar-refractivity contribution in [3.8, 4) is 0 Å². The van der Waals surface area contributed by atoms with Gasteiger partial charge in [-0.3, -0.25) is 4.68 Å². The number of hydrogen-bond donors (Lipinski definition) is 1. The number of morpholine rings is 1. The predicted molar refractivity (Wildman–Crippen MR) is 70.5 cm³/mol. The maximum absolute atomic E-state index is 6.10. The Bertz CT molecular complexity index is 428. The van der Waals surface area contributed by atoms with Gasteiger partial charge >= 0.3 is 0 Å². The minimum Gasteiger partial charge on any atom is -0.372 e. The molecule has 1 saturated heterocycles. The molecule has 1 aliphatic carbocycles. The fourth-order valence-corrected chi connectivity index (χ4v) is 3.15. The van der Waals surface area contributed by atoms with Crippen molar-refractivity contribution in [2.75, 3.05) is 13.2 Å². The van der Waals surface area contributed by atoms with Gasteiger partial charge in [0.15, 0.2) is 0 Å². The summed E-state index contributed by atoms with van der Waals surface area (Å²) in [6.07, 6.45) is 5.52. The lowest BCUT2D eigenvalue weighted by Gasteiger charge is -2.50. The van der Waals surface area contributed by atoms with E-state index in [1.165, 1.54) is 25.0 Å². The Morgan fingerprint density at radius 2 is 2.22 bits per heavy atom. The number of nitrogens with zero attached hydrogens (tertiary/aromatic N) is 2. The fraction of sp³-hybridized carbons (Fsp3) is 0.786. The fourth-order valence-electron chi connectivity index (χ4n) is 3.15. The normalized spacial score (nSPS) is 27.2. The monoisotopic (exact) mass is 249 g/mol. The maximum atomic E-state index is 6.10. The quantitative estimate of drug-likeness (QED) is 0.829. The van der Waals surface area contributed by atoms with Crippen LogP contribution in [0.2, 0.25) is 0 Å². The molecule has 3 rings (SSSR count). The summed E-state index contributed by atoms with van der Waals surface area (Å²) >= 11 is 0. The van der Waals surface area contributed by atoms with Gasteiger partial charge in [0, 0.05) is 12.7 Å². The van der Waals surface area contributed by atoms with E-state index in [1.54, 1.807) is 0 Å². The summed E-state index contributed by atoms with van der Waals surface area (Å²) in [4.78, 5) is 0. The molecule has 2 heterocycles. The number of rotatable bonds is 1. The molecule has 1 N–H and O–H groups in total. The van der Waals surface area contributed by atoms with E-state index in [1.807, 2.05) is 6.20 Å². The zero-order chi connectivity index (χ0) is 12.8. The largest absolute Gasteiger partial charge is 0.372 e. The molecule has 18 heavy (non-hydrogen) atoms. The van der Waals surface area contributed by atoms with Crippen LogP contribution in [0.3, 0.4) is 0 Å². The number of ether oxygens (including phenoxy) is 1. The van der Waals surface area contributed by atoms with Crippen molar-refractivity contribution in [2.45, 2.75) is 57.2 Å². The van der Waals surface area contributed by atoms with E-state index in [4.69, 9.17) is 4.74 Å². The summed E-state index contributed by atoms with van der Waals surface area (Å²) in [5.41, 5.74) is 1.31. The Morgan fingerprint density at radius 1 is 1.44 bits per heavy atom. The van der Waals surface area contributed by atoms with Crippen LogP contribution in [0.4, 0.5) is 0 Å². The summed E-state index contributed by atoms with van der Waals surface area (Å²) in [6.45, 7) is 8.35. The summed E-state index contributed by atoms with van der Waals surface area (Å²) in [5.74, 6) is 0. The van der Waals surface area contributed by atoms with Crippen LogP contribution in [-0.2, 0) is 10.3 Å². The van der Waals surface area contributed by atoms with E-state index in [0.29, 0.717) is 6.04 Å². The van der Waals surface area contributed by atoms with Crippen molar-refractivity contribution in [3.63, 3.8) is 0 Å². The lowest BCUT2D eigenvalue weighted by atomic mass is 9.72. The zero-order valence-corrected chi connectivity index (χ0v) is 11.6. The molecule has 2 fully saturated rings. The van der Waals surface area contributed by atoms with Gasteiger partial charge < -0.3 is 10.1 Å². The third kappa shape index (κ3) is 1.79. The van der Waals surface area contributed by atoms with E-state index in [0.717, 1.165) is 13.2 Å². The minimum atomic E-state index is 0.0168. The molecule has 4 heteroatoms. The molecule has 1 aromatic heterocycles. The van der Waals surface area contributed by atoms with Gasteiger partial charge in [0.25, 0.3) is 0 Å². The van der Waals surface area contributed by atoms with Gasteiger partial charge in [-0.05, 0) is 46.1 Å². The molecule has 1 atom stereocenters. The Kier molecular flexibility index (Phi) is 2.75. The summed E-state index contributed by atoms with van der Waals surface area (Å²) in [5, 5.41) is 8.15. The molecular formula is C14H23N3O.